The molecule has 0 aromatic rings. The molecule has 0 atom stereocenters. The van der Waals surface area contributed by atoms with Crippen molar-refractivity contribution in [2.75, 3.05) is 25.1 Å². The van der Waals surface area contributed by atoms with Crippen molar-refractivity contribution in [3.63, 3.8) is 0 Å². The minimum atomic E-state index is -2.99. The number of thioether (sulfide) groups is 1. The number of nitrogens with one attached hydrogen (secondary N) is 1. The van der Waals surface area contributed by atoms with Crippen molar-refractivity contribution in [2.45, 2.75) is 44.1 Å². The summed E-state index contributed by atoms with van der Waals surface area (Å²) < 4.78 is 23.1. The van der Waals surface area contributed by atoms with Gasteiger partial charge >= 0.3 is 0 Å². The molecule has 0 spiro atoms. The Morgan fingerprint density at radius 1 is 1.12 bits per heavy atom. The van der Waals surface area contributed by atoms with Crippen LogP contribution in [0.15, 0.2) is 0 Å². The molecule has 0 amide bonds. The van der Waals surface area contributed by atoms with E-state index in [1.807, 2.05) is 0 Å². The van der Waals surface area contributed by atoms with Gasteiger partial charge in [0.25, 0.3) is 0 Å². The van der Waals surface area contributed by atoms with Gasteiger partial charge in [-0.1, -0.05) is 0 Å². The van der Waals surface area contributed by atoms with Crippen LogP contribution in [0.2, 0.25) is 0 Å². The van der Waals surface area contributed by atoms with Crippen LogP contribution >= 0.6 is 11.8 Å². The molecule has 0 radical (unpaired) electrons. The summed E-state index contributed by atoms with van der Waals surface area (Å²) in [6.45, 7) is 10.9. The van der Waals surface area contributed by atoms with Gasteiger partial charge in [0.15, 0.2) is 9.84 Å². The van der Waals surface area contributed by atoms with E-state index < -0.39 is 14.6 Å². The van der Waals surface area contributed by atoms with Gasteiger partial charge in [0.05, 0.1) is 10.5 Å². The van der Waals surface area contributed by atoms with Crippen molar-refractivity contribution in [3.8, 4) is 0 Å². The van der Waals surface area contributed by atoms with E-state index in [4.69, 9.17) is 0 Å². The van der Waals surface area contributed by atoms with Crippen LogP contribution in [0.1, 0.15) is 34.6 Å². The lowest BCUT2D eigenvalue weighted by Gasteiger charge is -2.23. The highest BCUT2D eigenvalue weighted by molar-refractivity contribution is 7.99. The van der Waals surface area contributed by atoms with Gasteiger partial charge in [-0.15, -0.1) is 0 Å². The van der Waals surface area contributed by atoms with E-state index in [1.54, 1.807) is 32.5 Å². The molecule has 0 fully saturated rings. The molecule has 0 saturated heterocycles. The summed E-state index contributed by atoms with van der Waals surface area (Å²) in [5.41, 5.74) is 0. The van der Waals surface area contributed by atoms with E-state index in [-0.39, 0.29) is 10.5 Å². The molecule has 5 heteroatoms. The lowest BCUT2D eigenvalue weighted by Crippen LogP contribution is -2.38. The predicted molar refractivity (Wildman–Crippen MR) is 74.0 cm³/mol. The van der Waals surface area contributed by atoms with E-state index >= 15 is 0 Å². The molecular weight excluding hydrogens is 242 g/mol. The molecule has 0 aliphatic rings. The molecule has 0 unspecified atom stereocenters. The Morgan fingerprint density at radius 3 is 2.00 bits per heavy atom. The van der Waals surface area contributed by atoms with Crippen LogP contribution in [0.4, 0.5) is 0 Å². The fourth-order valence-corrected chi connectivity index (χ4v) is 2.25. The zero-order chi connectivity index (χ0) is 13.0. The van der Waals surface area contributed by atoms with Gasteiger partial charge in [-0.25, -0.2) is 8.42 Å². The quantitative estimate of drug-likeness (QED) is 0.747. The summed E-state index contributed by atoms with van der Waals surface area (Å²) >= 11 is 1.78. The molecule has 0 aliphatic heterocycles. The monoisotopic (exact) mass is 267 g/mol. The highest BCUT2D eigenvalue weighted by Gasteiger charge is 2.28. The van der Waals surface area contributed by atoms with Gasteiger partial charge in [0.1, 0.15) is 0 Å². The molecule has 0 aromatic carbocycles. The van der Waals surface area contributed by atoms with Crippen LogP contribution in [0, 0.1) is 0 Å². The average molecular weight is 267 g/mol. The molecule has 16 heavy (non-hydrogen) atoms. The minimum absolute atomic E-state index is 0.158. The smallest absolute Gasteiger partial charge is 0.156 e. The van der Waals surface area contributed by atoms with Gasteiger partial charge in [-0.3, -0.25) is 0 Å². The predicted octanol–water partition coefficient (Wildman–Crippen LogP) is 1.93. The maximum atomic E-state index is 11.8. The topological polar surface area (TPSA) is 46.2 Å². The van der Waals surface area contributed by atoms with Crippen molar-refractivity contribution < 1.29 is 8.42 Å². The van der Waals surface area contributed by atoms with Crippen molar-refractivity contribution >= 4 is 21.6 Å². The van der Waals surface area contributed by atoms with E-state index in [9.17, 15) is 8.42 Å². The second kappa shape index (κ2) is 5.74. The maximum absolute atomic E-state index is 11.8. The zero-order valence-corrected chi connectivity index (χ0v) is 12.9. The van der Waals surface area contributed by atoms with Gasteiger partial charge in [-0.2, -0.15) is 11.8 Å². The highest BCUT2D eigenvalue weighted by atomic mass is 32.2. The summed E-state index contributed by atoms with van der Waals surface area (Å²) in [6, 6.07) is 0. The van der Waals surface area contributed by atoms with Gasteiger partial charge in [0, 0.05) is 17.8 Å². The number of sulfone groups is 1. The first-order valence-electron chi connectivity index (χ1n) is 5.50. The van der Waals surface area contributed by atoms with E-state index in [2.05, 4.69) is 25.4 Å². The summed E-state index contributed by atoms with van der Waals surface area (Å²) in [5, 5.41) is 3.20. The van der Waals surface area contributed by atoms with Crippen molar-refractivity contribution in [3.05, 3.63) is 0 Å². The number of hydrogen-bond acceptors (Lipinski definition) is 4. The summed E-state index contributed by atoms with van der Waals surface area (Å²) in [4.78, 5) is 0. The van der Waals surface area contributed by atoms with Crippen molar-refractivity contribution in [1.82, 2.24) is 5.32 Å². The van der Waals surface area contributed by atoms with Crippen molar-refractivity contribution in [2.24, 2.45) is 0 Å². The fourth-order valence-electron chi connectivity index (χ4n) is 0.974. The van der Waals surface area contributed by atoms with E-state index in [0.29, 0.717) is 6.54 Å². The first-order valence-corrected chi connectivity index (χ1v) is 8.38. The molecule has 98 valence electrons. The molecule has 0 saturated carbocycles. The molecule has 1 N–H and O–H groups in total. The summed E-state index contributed by atoms with van der Waals surface area (Å²) in [7, 11) is -2.99. The van der Waals surface area contributed by atoms with Gasteiger partial charge in [0.2, 0.25) is 0 Å². The second-order valence-corrected chi connectivity index (χ2v) is 9.95. The molecular formula is C11H25NO2S2. The van der Waals surface area contributed by atoms with Gasteiger partial charge in [-0.05, 0) is 40.9 Å². The van der Waals surface area contributed by atoms with Crippen molar-refractivity contribution in [1.29, 1.82) is 0 Å². The van der Waals surface area contributed by atoms with E-state index in [1.165, 1.54) is 0 Å². The van der Waals surface area contributed by atoms with Crippen LogP contribution in [0.25, 0.3) is 0 Å². The standard InChI is InChI=1S/C11H25NO2S2/c1-10(2,3)16(13,14)8-7-12-9-11(4,5)15-6/h12H,7-9H2,1-6H3. The number of hydrogen-bond donors (Lipinski definition) is 1. The van der Waals surface area contributed by atoms with Crippen LogP contribution in [-0.4, -0.2) is 43.0 Å². The van der Waals surface area contributed by atoms with Crippen LogP contribution < -0.4 is 5.32 Å². The molecule has 3 nitrogen and oxygen atoms in total. The third-order valence-corrected chi connectivity index (χ3v) is 6.44. The largest absolute Gasteiger partial charge is 0.314 e. The summed E-state index contributed by atoms with van der Waals surface area (Å²) in [5.74, 6) is 0.209. The second-order valence-electron chi connectivity index (χ2n) is 5.57. The first kappa shape index (κ1) is 16.3. The Morgan fingerprint density at radius 2 is 1.62 bits per heavy atom. The molecule has 0 aromatic heterocycles. The number of rotatable bonds is 6. The van der Waals surface area contributed by atoms with Crippen LogP contribution in [-0.2, 0) is 9.84 Å². The fraction of sp³-hybridized carbons (Fsp3) is 1.00. The average Bonchev–Trinajstić information content (AvgIpc) is 2.11. The maximum Gasteiger partial charge on any atom is 0.156 e. The lowest BCUT2D eigenvalue weighted by atomic mass is 10.2. The summed E-state index contributed by atoms with van der Waals surface area (Å²) in [6.07, 6.45) is 2.06. The third kappa shape index (κ3) is 5.55. The van der Waals surface area contributed by atoms with Crippen LogP contribution in [0.3, 0.4) is 0 Å². The Kier molecular flexibility index (Phi) is 5.83. The van der Waals surface area contributed by atoms with Gasteiger partial charge < -0.3 is 5.32 Å². The lowest BCUT2D eigenvalue weighted by molar-refractivity contribution is 0.551. The Balaban J connectivity index is 4.03. The molecule has 0 bridgehead atoms. The molecule has 0 rings (SSSR count). The van der Waals surface area contributed by atoms with E-state index in [0.717, 1.165) is 6.54 Å². The Hall–Kier alpha value is 0.260. The first-order chi connectivity index (χ1) is 7.02. The normalized spacial score (nSPS) is 14.1. The van der Waals surface area contributed by atoms with Crippen LogP contribution in [0.5, 0.6) is 0 Å². The molecule has 0 aliphatic carbocycles. The Bertz CT molecular complexity index is 302. The molecule has 0 heterocycles. The SMILES string of the molecule is CSC(C)(C)CNCCS(=O)(=O)C(C)(C)C. The Labute approximate surface area is 105 Å². The highest BCUT2D eigenvalue weighted by Crippen LogP contribution is 2.19. The zero-order valence-electron chi connectivity index (χ0n) is 11.3. The minimum Gasteiger partial charge on any atom is -0.314 e. The third-order valence-electron chi connectivity index (χ3n) is 2.58.